The van der Waals surface area contributed by atoms with Gasteiger partial charge in [-0.25, -0.2) is 17.8 Å². The Labute approximate surface area is 175 Å². The molecule has 2 N–H and O–H groups in total. The van der Waals surface area contributed by atoms with Crippen molar-refractivity contribution in [3.63, 3.8) is 0 Å². The number of carbonyl (C=O) groups is 1. The molecule has 0 bridgehead atoms. The van der Waals surface area contributed by atoms with Crippen molar-refractivity contribution in [1.29, 1.82) is 0 Å². The summed E-state index contributed by atoms with van der Waals surface area (Å²) in [4.78, 5) is 12.7. The standard InChI is InChI=1S/C19H25N5O5S/c1-12-18(19(25)20-11-13-4-3-5-15(13)22-30(2,26)27)21-23-24(12)14-6-7-16-17(10-14)29-9-8-28-16/h6-7,10,13,15,22H,3-5,8-9,11H2,1-2H3,(H,20,25)/t13-,15-/m0/s1. The Hall–Kier alpha value is -2.66. The van der Waals surface area contributed by atoms with E-state index in [0.29, 0.717) is 37.0 Å². The number of benzene rings is 1. The summed E-state index contributed by atoms with van der Waals surface area (Å²) in [6.45, 7) is 3.15. The van der Waals surface area contributed by atoms with E-state index in [4.69, 9.17) is 9.47 Å². The molecule has 1 aromatic carbocycles. The maximum atomic E-state index is 12.7. The van der Waals surface area contributed by atoms with Crippen LogP contribution < -0.4 is 19.5 Å². The minimum absolute atomic E-state index is 0.0526. The monoisotopic (exact) mass is 435 g/mol. The Balaban J connectivity index is 1.44. The Morgan fingerprint density at radius 2 is 2.00 bits per heavy atom. The van der Waals surface area contributed by atoms with Crippen molar-refractivity contribution < 1.29 is 22.7 Å². The first-order chi connectivity index (χ1) is 14.3. The number of hydrogen-bond acceptors (Lipinski definition) is 7. The third-order valence-electron chi connectivity index (χ3n) is 5.43. The highest BCUT2D eigenvalue weighted by Crippen LogP contribution is 2.32. The lowest BCUT2D eigenvalue weighted by Gasteiger charge is -2.20. The van der Waals surface area contributed by atoms with Crippen molar-refractivity contribution in [2.45, 2.75) is 32.2 Å². The van der Waals surface area contributed by atoms with Crippen LogP contribution in [0.3, 0.4) is 0 Å². The number of carbonyl (C=O) groups excluding carboxylic acids is 1. The molecule has 0 saturated heterocycles. The molecule has 1 aliphatic carbocycles. The van der Waals surface area contributed by atoms with Gasteiger partial charge in [-0.3, -0.25) is 4.79 Å². The van der Waals surface area contributed by atoms with Gasteiger partial charge in [-0.15, -0.1) is 5.10 Å². The van der Waals surface area contributed by atoms with Gasteiger partial charge in [-0.1, -0.05) is 11.6 Å². The first-order valence-electron chi connectivity index (χ1n) is 9.89. The average Bonchev–Trinajstić information content (AvgIpc) is 3.30. The summed E-state index contributed by atoms with van der Waals surface area (Å²) in [6.07, 6.45) is 3.71. The molecular weight excluding hydrogens is 410 g/mol. The predicted octanol–water partition coefficient (Wildman–Crippen LogP) is 0.795. The molecule has 2 aromatic rings. The zero-order valence-electron chi connectivity index (χ0n) is 16.9. The van der Waals surface area contributed by atoms with Crippen molar-refractivity contribution in [3.8, 4) is 17.2 Å². The molecule has 162 valence electrons. The summed E-state index contributed by atoms with van der Waals surface area (Å²) < 4.78 is 38.4. The van der Waals surface area contributed by atoms with E-state index in [9.17, 15) is 13.2 Å². The van der Waals surface area contributed by atoms with Crippen LogP contribution >= 0.6 is 0 Å². The summed E-state index contributed by atoms with van der Waals surface area (Å²) in [6, 6.07) is 5.28. The van der Waals surface area contributed by atoms with Gasteiger partial charge in [0.2, 0.25) is 10.0 Å². The van der Waals surface area contributed by atoms with Gasteiger partial charge >= 0.3 is 0 Å². The van der Waals surface area contributed by atoms with E-state index < -0.39 is 10.0 Å². The van der Waals surface area contributed by atoms with E-state index in [1.54, 1.807) is 23.7 Å². The number of ether oxygens (including phenoxy) is 2. The summed E-state index contributed by atoms with van der Waals surface area (Å²) in [5.41, 5.74) is 1.55. The lowest BCUT2D eigenvalue weighted by atomic mass is 10.0. The van der Waals surface area contributed by atoms with Gasteiger partial charge in [-0.05, 0) is 37.8 Å². The number of amides is 1. The third kappa shape index (κ3) is 4.41. The number of nitrogens with zero attached hydrogens (tertiary/aromatic N) is 3. The van der Waals surface area contributed by atoms with Crippen LogP contribution in [-0.4, -0.2) is 61.4 Å². The minimum Gasteiger partial charge on any atom is -0.486 e. The highest BCUT2D eigenvalue weighted by atomic mass is 32.2. The van der Waals surface area contributed by atoms with Crippen molar-refractivity contribution in [3.05, 3.63) is 29.6 Å². The topological polar surface area (TPSA) is 124 Å². The lowest BCUT2D eigenvalue weighted by Crippen LogP contribution is -2.41. The number of aromatic nitrogens is 3. The first kappa shape index (κ1) is 20.6. The van der Waals surface area contributed by atoms with Crippen molar-refractivity contribution in [1.82, 2.24) is 25.0 Å². The van der Waals surface area contributed by atoms with Crippen LogP contribution in [0.15, 0.2) is 18.2 Å². The maximum absolute atomic E-state index is 12.7. The second-order valence-electron chi connectivity index (χ2n) is 7.66. The fourth-order valence-electron chi connectivity index (χ4n) is 3.97. The summed E-state index contributed by atoms with van der Waals surface area (Å²) in [5.74, 6) is 1.03. The number of hydrogen-bond donors (Lipinski definition) is 2. The molecule has 0 unspecified atom stereocenters. The summed E-state index contributed by atoms with van der Waals surface area (Å²) in [5, 5.41) is 11.0. The Morgan fingerprint density at radius 3 is 2.77 bits per heavy atom. The second-order valence-corrected chi connectivity index (χ2v) is 9.44. The van der Waals surface area contributed by atoms with Crippen LogP contribution in [0.25, 0.3) is 5.69 Å². The third-order valence-corrected chi connectivity index (χ3v) is 6.16. The van der Waals surface area contributed by atoms with E-state index in [-0.39, 0.29) is 23.6 Å². The fourth-order valence-corrected chi connectivity index (χ4v) is 4.83. The van der Waals surface area contributed by atoms with Crippen molar-refractivity contribution in [2.24, 2.45) is 5.92 Å². The van der Waals surface area contributed by atoms with Gasteiger partial charge in [0.05, 0.1) is 17.6 Å². The van der Waals surface area contributed by atoms with Crippen molar-refractivity contribution in [2.75, 3.05) is 26.0 Å². The largest absolute Gasteiger partial charge is 0.486 e. The molecule has 1 fully saturated rings. The van der Waals surface area contributed by atoms with E-state index in [0.717, 1.165) is 31.2 Å². The molecule has 0 spiro atoms. The zero-order valence-corrected chi connectivity index (χ0v) is 17.7. The highest BCUT2D eigenvalue weighted by molar-refractivity contribution is 7.88. The Bertz CT molecular complexity index is 1050. The Morgan fingerprint density at radius 1 is 1.23 bits per heavy atom. The molecule has 0 radical (unpaired) electrons. The van der Waals surface area contributed by atoms with Gasteiger partial charge in [-0.2, -0.15) is 0 Å². The van der Waals surface area contributed by atoms with Gasteiger partial charge in [0.25, 0.3) is 5.91 Å². The molecule has 1 saturated carbocycles. The normalized spacial score (nSPS) is 20.9. The molecule has 11 heteroatoms. The van der Waals surface area contributed by atoms with Crippen molar-refractivity contribution >= 4 is 15.9 Å². The molecule has 30 heavy (non-hydrogen) atoms. The molecule has 4 rings (SSSR count). The van der Waals surface area contributed by atoms with Crippen LogP contribution in [0.1, 0.15) is 35.4 Å². The number of fused-ring (bicyclic) bond motifs is 1. The van der Waals surface area contributed by atoms with Crippen LogP contribution in [0.2, 0.25) is 0 Å². The quantitative estimate of drug-likeness (QED) is 0.687. The van der Waals surface area contributed by atoms with Crippen LogP contribution in [0.5, 0.6) is 11.5 Å². The maximum Gasteiger partial charge on any atom is 0.273 e. The van der Waals surface area contributed by atoms with E-state index >= 15 is 0 Å². The van der Waals surface area contributed by atoms with Crippen LogP contribution in [0, 0.1) is 12.8 Å². The van der Waals surface area contributed by atoms with Gasteiger partial charge < -0.3 is 14.8 Å². The minimum atomic E-state index is -3.28. The molecule has 10 nitrogen and oxygen atoms in total. The average molecular weight is 436 g/mol. The van der Waals surface area contributed by atoms with E-state index in [2.05, 4.69) is 20.4 Å². The molecule has 2 aliphatic rings. The van der Waals surface area contributed by atoms with E-state index in [1.807, 2.05) is 6.07 Å². The van der Waals surface area contributed by atoms with Crippen LogP contribution in [-0.2, 0) is 10.0 Å². The SMILES string of the molecule is Cc1c(C(=O)NC[C@@H]2CCC[C@@H]2NS(C)(=O)=O)nnn1-c1ccc2c(c1)OCCO2. The zero-order chi connectivity index (χ0) is 21.3. The molecular formula is C19H25N5O5S. The lowest BCUT2D eigenvalue weighted by molar-refractivity contribution is 0.0940. The number of rotatable bonds is 6. The molecule has 2 atom stereocenters. The summed E-state index contributed by atoms with van der Waals surface area (Å²) in [7, 11) is -3.28. The number of nitrogens with one attached hydrogen (secondary N) is 2. The smallest absolute Gasteiger partial charge is 0.273 e. The highest BCUT2D eigenvalue weighted by Gasteiger charge is 2.30. The van der Waals surface area contributed by atoms with Gasteiger partial charge in [0.15, 0.2) is 17.2 Å². The Kier molecular flexibility index (Phi) is 5.65. The van der Waals surface area contributed by atoms with Gasteiger partial charge in [0.1, 0.15) is 13.2 Å². The van der Waals surface area contributed by atoms with E-state index in [1.165, 1.54) is 0 Å². The van der Waals surface area contributed by atoms with Crippen LogP contribution in [0.4, 0.5) is 0 Å². The van der Waals surface area contributed by atoms with Gasteiger partial charge in [0, 0.05) is 18.7 Å². The second kappa shape index (κ2) is 8.23. The molecule has 1 amide bonds. The first-order valence-corrected chi connectivity index (χ1v) is 11.8. The fraction of sp³-hybridized carbons (Fsp3) is 0.526. The molecule has 1 aromatic heterocycles. The molecule has 2 heterocycles. The molecule has 1 aliphatic heterocycles. The number of sulfonamides is 1. The summed E-state index contributed by atoms with van der Waals surface area (Å²) >= 11 is 0. The predicted molar refractivity (Wildman–Crippen MR) is 109 cm³/mol.